The molecule has 6 heteroatoms. The molecule has 3 N–H and O–H groups in total. The van der Waals surface area contributed by atoms with Crippen LogP contribution < -0.4 is 10.6 Å². The number of carbonyl (C=O) groups is 1. The number of halogens is 2. The average molecular weight is 330 g/mol. The lowest BCUT2D eigenvalue weighted by Crippen LogP contribution is -2.90. The van der Waals surface area contributed by atoms with E-state index in [0.29, 0.717) is 15.7 Å². The maximum atomic E-state index is 12.1. The minimum absolute atomic E-state index is 0.0695. The van der Waals surface area contributed by atoms with Crippen LogP contribution in [0, 0.1) is 0 Å². The van der Waals surface area contributed by atoms with Crippen molar-refractivity contribution < 1.29 is 10.1 Å². The highest BCUT2D eigenvalue weighted by Gasteiger charge is 2.16. The topological polar surface area (TPSA) is 45.7 Å². The fourth-order valence-corrected chi connectivity index (χ4v) is 2.92. The number of hydrogen-bond acceptors (Lipinski definition) is 2. The van der Waals surface area contributed by atoms with Crippen molar-refractivity contribution in [2.45, 2.75) is 19.5 Å². The fourth-order valence-electron chi connectivity index (χ4n) is 1.71. The number of thiophene rings is 1. The minimum atomic E-state index is -0.185. The van der Waals surface area contributed by atoms with Gasteiger partial charge < -0.3 is 10.6 Å². The molecule has 0 radical (unpaired) electrons. The molecule has 0 unspecified atom stereocenters. The average Bonchev–Trinajstić information content (AvgIpc) is 2.87. The molecular formula is C14H15Cl2N2OS+. The minimum Gasteiger partial charge on any atom is -0.332 e. The summed E-state index contributed by atoms with van der Waals surface area (Å²) >= 11 is 13.5. The quantitative estimate of drug-likeness (QED) is 0.869. The van der Waals surface area contributed by atoms with Gasteiger partial charge >= 0.3 is 0 Å². The van der Waals surface area contributed by atoms with Crippen molar-refractivity contribution in [2.75, 3.05) is 5.32 Å². The predicted molar refractivity (Wildman–Crippen MR) is 84.5 cm³/mol. The molecule has 0 spiro atoms. The number of hydrogen-bond donors (Lipinski definition) is 2. The predicted octanol–water partition coefficient (Wildman–Crippen LogP) is 3.15. The van der Waals surface area contributed by atoms with E-state index in [1.807, 2.05) is 23.7 Å². The van der Waals surface area contributed by atoms with Crippen LogP contribution in [0.5, 0.6) is 0 Å². The molecule has 1 atom stereocenters. The Labute approximate surface area is 131 Å². The highest BCUT2D eigenvalue weighted by Crippen LogP contribution is 2.22. The van der Waals surface area contributed by atoms with Crippen molar-refractivity contribution >= 4 is 46.1 Å². The van der Waals surface area contributed by atoms with Crippen LogP contribution in [0.1, 0.15) is 11.8 Å². The number of nitrogens with two attached hydrogens (primary N) is 1. The molecule has 20 heavy (non-hydrogen) atoms. The Morgan fingerprint density at radius 2 is 2.05 bits per heavy atom. The van der Waals surface area contributed by atoms with Crippen molar-refractivity contribution in [3.8, 4) is 0 Å². The van der Waals surface area contributed by atoms with Crippen molar-refractivity contribution in [3.05, 3.63) is 50.6 Å². The molecule has 2 rings (SSSR count). The van der Waals surface area contributed by atoms with Crippen LogP contribution in [-0.2, 0) is 11.3 Å². The first kappa shape index (κ1) is 15.3. The van der Waals surface area contributed by atoms with Gasteiger partial charge in [-0.3, -0.25) is 4.79 Å². The zero-order chi connectivity index (χ0) is 14.5. The maximum Gasteiger partial charge on any atom is 0.282 e. The van der Waals surface area contributed by atoms with E-state index in [9.17, 15) is 4.79 Å². The van der Waals surface area contributed by atoms with Crippen LogP contribution in [0.2, 0.25) is 10.0 Å². The normalized spacial score (nSPS) is 12.2. The van der Waals surface area contributed by atoms with Gasteiger partial charge in [0, 0.05) is 15.7 Å². The number of anilines is 1. The van der Waals surface area contributed by atoms with Gasteiger partial charge in [0.25, 0.3) is 5.91 Å². The van der Waals surface area contributed by atoms with Gasteiger partial charge in [0.05, 0.1) is 4.88 Å². The summed E-state index contributed by atoms with van der Waals surface area (Å²) in [5.74, 6) is -0.0695. The van der Waals surface area contributed by atoms with Crippen LogP contribution in [0.15, 0.2) is 35.7 Å². The van der Waals surface area contributed by atoms with Crippen molar-refractivity contribution in [1.82, 2.24) is 0 Å². The molecule has 0 bridgehead atoms. The molecule has 3 nitrogen and oxygen atoms in total. The zero-order valence-electron chi connectivity index (χ0n) is 10.9. The Balaban J connectivity index is 1.90. The van der Waals surface area contributed by atoms with Gasteiger partial charge in [0.2, 0.25) is 0 Å². The lowest BCUT2D eigenvalue weighted by Gasteiger charge is -2.11. The first-order valence-corrected chi connectivity index (χ1v) is 7.81. The van der Waals surface area contributed by atoms with Gasteiger partial charge in [-0.25, -0.2) is 0 Å². The standard InChI is InChI=1S/C14H14Cl2N2OS/c1-9(17-8-13-3-2-4-20-13)14(19)18-12-6-10(15)5-11(16)7-12/h2-7,9,17H,8H2,1H3,(H,18,19)/p+1/t9-/m0/s1. The van der Waals surface area contributed by atoms with E-state index in [4.69, 9.17) is 23.2 Å². The summed E-state index contributed by atoms with van der Waals surface area (Å²) in [6.07, 6.45) is 0. The summed E-state index contributed by atoms with van der Waals surface area (Å²) in [5.41, 5.74) is 0.615. The summed E-state index contributed by atoms with van der Waals surface area (Å²) in [7, 11) is 0. The Kier molecular flexibility index (Phi) is 5.43. The van der Waals surface area contributed by atoms with Crippen molar-refractivity contribution in [1.29, 1.82) is 0 Å². The number of carbonyl (C=O) groups excluding carboxylic acids is 1. The second-order valence-electron chi connectivity index (χ2n) is 4.46. The van der Waals surface area contributed by atoms with Crippen LogP contribution in [0.3, 0.4) is 0 Å². The van der Waals surface area contributed by atoms with Crippen molar-refractivity contribution in [3.63, 3.8) is 0 Å². The molecule has 2 aromatic rings. The van der Waals surface area contributed by atoms with Gasteiger partial charge in [-0.1, -0.05) is 29.3 Å². The second kappa shape index (κ2) is 7.09. The van der Waals surface area contributed by atoms with Crippen LogP contribution >= 0.6 is 34.5 Å². The molecule has 0 fully saturated rings. The van der Waals surface area contributed by atoms with E-state index in [2.05, 4.69) is 11.4 Å². The second-order valence-corrected chi connectivity index (χ2v) is 6.36. The maximum absolute atomic E-state index is 12.1. The molecule has 1 aromatic carbocycles. The number of quaternary nitrogens is 1. The highest BCUT2D eigenvalue weighted by atomic mass is 35.5. The number of nitrogens with one attached hydrogen (secondary N) is 1. The third-order valence-corrected chi connectivity index (χ3v) is 4.13. The third-order valence-electron chi connectivity index (χ3n) is 2.80. The number of benzene rings is 1. The smallest absolute Gasteiger partial charge is 0.282 e. The van der Waals surface area contributed by atoms with E-state index in [1.165, 1.54) is 4.88 Å². The summed E-state index contributed by atoms with van der Waals surface area (Å²) in [6, 6.07) is 8.87. The molecular weight excluding hydrogens is 315 g/mol. The zero-order valence-corrected chi connectivity index (χ0v) is 13.2. The van der Waals surface area contributed by atoms with Gasteiger partial charge in [-0.2, -0.15) is 0 Å². The SMILES string of the molecule is C[C@H]([NH2+]Cc1cccs1)C(=O)Nc1cc(Cl)cc(Cl)c1. The lowest BCUT2D eigenvalue weighted by atomic mass is 10.2. The molecule has 0 aliphatic rings. The Bertz CT molecular complexity index is 567. The fraction of sp³-hybridized carbons (Fsp3) is 0.214. The molecule has 0 aliphatic carbocycles. The van der Waals surface area contributed by atoms with Gasteiger partial charge in [-0.15, -0.1) is 11.3 Å². The van der Waals surface area contributed by atoms with E-state index in [1.54, 1.807) is 29.5 Å². The highest BCUT2D eigenvalue weighted by molar-refractivity contribution is 7.09. The lowest BCUT2D eigenvalue weighted by molar-refractivity contribution is -0.688. The third kappa shape index (κ3) is 4.49. The molecule has 0 saturated heterocycles. The Hall–Kier alpha value is -1.07. The summed E-state index contributed by atoms with van der Waals surface area (Å²) in [4.78, 5) is 13.3. The molecule has 1 aromatic heterocycles. The van der Waals surface area contributed by atoms with E-state index in [-0.39, 0.29) is 11.9 Å². The molecule has 106 valence electrons. The van der Waals surface area contributed by atoms with Gasteiger partial charge in [0.15, 0.2) is 6.04 Å². The largest absolute Gasteiger partial charge is 0.332 e. The van der Waals surface area contributed by atoms with Crippen LogP contribution in [0.4, 0.5) is 5.69 Å². The van der Waals surface area contributed by atoms with E-state index < -0.39 is 0 Å². The molecule has 1 amide bonds. The van der Waals surface area contributed by atoms with Crippen molar-refractivity contribution in [2.24, 2.45) is 0 Å². The first-order chi connectivity index (χ1) is 9.54. The number of amides is 1. The molecule has 1 heterocycles. The number of rotatable bonds is 5. The van der Waals surface area contributed by atoms with E-state index >= 15 is 0 Å². The monoisotopic (exact) mass is 329 g/mol. The summed E-state index contributed by atoms with van der Waals surface area (Å²) < 4.78 is 0. The first-order valence-electron chi connectivity index (χ1n) is 6.17. The summed E-state index contributed by atoms with van der Waals surface area (Å²) in [6.45, 7) is 2.66. The van der Waals surface area contributed by atoms with Gasteiger partial charge in [-0.05, 0) is 36.6 Å². The molecule has 0 saturated carbocycles. The molecule has 0 aliphatic heterocycles. The Morgan fingerprint density at radius 3 is 2.65 bits per heavy atom. The van der Waals surface area contributed by atoms with Crippen LogP contribution in [-0.4, -0.2) is 11.9 Å². The van der Waals surface area contributed by atoms with Crippen LogP contribution in [0.25, 0.3) is 0 Å². The van der Waals surface area contributed by atoms with E-state index in [0.717, 1.165) is 6.54 Å². The summed E-state index contributed by atoms with van der Waals surface area (Å²) in [5, 5.41) is 7.85. The Morgan fingerprint density at radius 1 is 1.35 bits per heavy atom. The van der Waals surface area contributed by atoms with Gasteiger partial charge in [0.1, 0.15) is 6.54 Å².